The first kappa shape index (κ1) is 28.4. The first-order valence-electron chi connectivity index (χ1n) is 14.4. The summed E-state index contributed by atoms with van der Waals surface area (Å²) in [7, 11) is 5.22. The maximum Gasteiger partial charge on any atom is 0.320 e. The second kappa shape index (κ2) is 11.9. The summed E-state index contributed by atoms with van der Waals surface area (Å²) in [6, 6.07) is 21.4. The van der Waals surface area contributed by atoms with E-state index >= 15 is 0 Å². The van der Waals surface area contributed by atoms with Crippen LogP contribution in [0.4, 0.5) is 10.6 Å². The molecule has 2 aromatic carbocycles. The largest absolute Gasteiger partial charge is 0.383 e. The molecule has 11 heteroatoms. The van der Waals surface area contributed by atoms with Crippen molar-refractivity contribution < 1.29 is 9.53 Å². The summed E-state index contributed by atoms with van der Waals surface area (Å²) in [5.41, 5.74) is 4.54. The Morgan fingerprint density at radius 2 is 1.74 bits per heavy atom. The molecule has 0 radical (unpaired) electrons. The number of amides is 2. The van der Waals surface area contributed by atoms with Gasteiger partial charge in [0, 0.05) is 64.1 Å². The van der Waals surface area contributed by atoms with Gasteiger partial charge in [0.1, 0.15) is 5.82 Å². The molecule has 6 rings (SSSR count). The fourth-order valence-corrected chi connectivity index (χ4v) is 5.91. The quantitative estimate of drug-likeness (QED) is 0.290. The van der Waals surface area contributed by atoms with E-state index in [1.807, 2.05) is 61.5 Å². The number of likely N-dealkylation sites (tertiary alicyclic amines) is 1. The standard InChI is InChI=1S/C32H36N8O3/c1-21-28(23-17-25-30(33-18-23)37(2)38(3)31(25)41)36-40(24-13-9-6-10-14-24)29(21)35-32(42)34-27-20-39(15-16-43-4)19-26(27)22-11-7-5-8-12-22/h5-14,17-18,26-27H,15-16,19-20H2,1-4H3,(H2,34,35,42)/t26-,27+/m0/s1. The van der Waals surface area contributed by atoms with Gasteiger partial charge in [0.25, 0.3) is 5.56 Å². The molecule has 2 N–H and O–H groups in total. The molecule has 0 saturated carbocycles. The Kier molecular flexibility index (Phi) is 7.83. The number of nitrogens with zero attached hydrogens (tertiary/aromatic N) is 6. The van der Waals surface area contributed by atoms with Gasteiger partial charge in [-0.25, -0.2) is 14.5 Å². The van der Waals surface area contributed by atoms with Gasteiger partial charge in [-0.15, -0.1) is 0 Å². The van der Waals surface area contributed by atoms with Crippen molar-refractivity contribution >= 4 is 22.9 Å². The monoisotopic (exact) mass is 580 g/mol. The van der Waals surface area contributed by atoms with Crippen LogP contribution in [0.3, 0.4) is 0 Å². The number of nitrogens with one attached hydrogen (secondary N) is 2. The van der Waals surface area contributed by atoms with Crippen molar-refractivity contribution in [2.75, 3.05) is 38.7 Å². The molecule has 1 aliphatic heterocycles. The molecule has 0 bridgehead atoms. The van der Waals surface area contributed by atoms with Crippen molar-refractivity contribution in [1.82, 2.24) is 34.3 Å². The predicted octanol–water partition coefficient (Wildman–Crippen LogP) is 3.67. The molecule has 43 heavy (non-hydrogen) atoms. The van der Waals surface area contributed by atoms with Crippen molar-refractivity contribution in [3.63, 3.8) is 0 Å². The molecule has 4 heterocycles. The van der Waals surface area contributed by atoms with Gasteiger partial charge in [-0.05, 0) is 30.7 Å². The first-order valence-corrected chi connectivity index (χ1v) is 14.4. The van der Waals surface area contributed by atoms with Gasteiger partial charge in [-0.1, -0.05) is 48.5 Å². The van der Waals surface area contributed by atoms with E-state index in [4.69, 9.17) is 9.84 Å². The number of carbonyl (C=O) groups is 1. The average Bonchev–Trinajstić information content (AvgIpc) is 3.65. The van der Waals surface area contributed by atoms with Crippen molar-refractivity contribution in [2.24, 2.45) is 14.1 Å². The number of aryl methyl sites for hydroxylation is 1. The van der Waals surface area contributed by atoms with Crippen LogP contribution in [0.5, 0.6) is 0 Å². The minimum absolute atomic E-state index is 0.0898. The number of hydrogen-bond acceptors (Lipinski definition) is 6. The zero-order valence-electron chi connectivity index (χ0n) is 24.8. The van der Waals surface area contributed by atoms with Crippen LogP contribution in [0, 0.1) is 6.92 Å². The molecule has 222 valence electrons. The Hall–Kier alpha value is -4.74. The average molecular weight is 581 g/mol. The van der Waals surface area contributed by atoms with Crippen LogP contribution in [0.25, 0.3) is 28.0 Å². The van der Waals surface area contributed by atoms with Crippen molar-refractivity contribution in [2.45, 2.75) is 18.9 Å². The van der Waals surface area contributed by atoms with Crippen LogP contribution in [0.1, 0.15) is 17.0 Å². The topological polar surface area (TPSA) is 111 Å². The van der Waals surface area contributed by atoms with E-state index in [0.717, 1.165) is 30.9 Å². The number of ether oxygens (including phenoxy) is 1. The summed E-state index contributed by atoms with van der Waals surface area (Å²) in [5, 5.41) is 11.8. The molecule has 5 aromatic rings. The van der Waals surface area contributed by atoms with E-state index in [-0.39, 0.29) is 23.6 Å². The Bertz CT molecular complexity index is 1810. The van der Waals surface area contributed by atoms with Crippen LogP contribution in [-0.4, -0.2) is 74.5 Å². The van der Waals surface area contributed by atoms with E-state index in [2.05, 4.69) is 32.7 Å². The maximum absolute atomic E-state index is 13.6. The van der Waals surface area contributed by atoms with Crippen LogP contribution in [0.15, 0.2) is 77.7 Å². The summed E-state index contributed by atoms with van der Waals surface area (Å²) >= 11 is 0. The lowest BCUT2D eigenvalue weighted by molar-refractivity contribution is 0.159. The third kappa shape index (κ3) is 5.44. The van der Waals surface area contributed by atoms with Crippen LogP contribution in [0.2, 0.25) is 0 Å². The lowest BCUT2D eigenvalue weighted by Crippen LogP contribution is -2.42. The number of aromatic nitrogens is 5. The highest BCUT2D eigenvalue weighted by Gasteiger charge is 2.35. The van der Waals surface area contributed by atoms with E-state index < -0.39 is 0 Å². The van der Waals surface area contributed by atoms with Gasteiger partial charge in [0.05, 0.1) is 29.4 Å². The van der Waals surface area contributed by atoms with Gasteiger partial charge >= 0.3 is 6.03 Å². The molecular formula is C32H36N8O3. The number of hydrogen-bond donors (Lipinski definition) is 2. The predicted molar refractivity (Wildman–Crippen MR) is 167 cm³/mol. The van der Waals surface area contributed by atoms with Gasteiger partial charge in [0.15, 0.2) is 5.65 Å². The number of pyridine rings is 1. The normalized spacial score (nSPS) is 17.0. The molecule has 11 nitrogen and oxygen atoms in total. The van der Waals surface area contributed by atoms with Crippen LogP contribution < -0.4 is 16.2 Å². The van der Waals surface area contributed by atoms with E-state index in [1.54, 1.807) is 36.8 Å². The fraction of sp³-hybridized carbons (Fsp3) is 0.312. The highest BCUT2D eigenvalue weighted by molar-refractivity contribution is 5.91. The number of para-hydroxylation sites is 1. The number of benzene rings is 2. The highest BCUT2D eigenvalue weighted by Crippen LogP contribution is 2.32. The Balaban J connectivity index is 1.32. The molecule has 0 unspecified atom stereocenters. The smallest absolute Gasteiger partial charge is 0.320 e. The van der Waals surface area contributed by atoms with Crippen molar-refractivity contribution in [3.8, 4) is 16.9 Å². The molecular weight excluding hydrogens is 544 g/mol. The molecule has 0 aliphatic carbocycles. The second-order valence-corrected chi connectivity index (χ2v) is 11.0. The zero-order chi connectivity index (χ0) is 30.1. The van der Waals surface area contributed by atoms with Gasteiger partial charge < -0.3 is 10.1 Å². The Morgan fingerprint density at radius 3 is 2.47 bits per heavy atom. The number of anilines is 1. The molecule has 2 atom stereocenters. The lowest BCUT2D eigenvalue weighted by atomic mass is 9.94. The third-order valence-corrected chi connectivity index (χ3v) is 8.33. The molecule has 3 aromatic heterocycles. The number of carbonyl (C=O) groups excluding carboxylic acids is 1. The second-order valence-electron chi connectivity index (χ2n) is 11.0. The summed E-state index contributed by atoms with van der Waals surface area (Å²) < 4.78 is 10.3. The molecule has 1 fully saturated rings. The van der Waals surface area contributed by atoms with Gasteiger partial charge in [-0.2, -0.15) is 5.10 Å². The lowest BCUT2D eigenvalue weighted by Gasteiger charge is -2.21. The zero-order valence-corrected chi connectivity index (χ0v) is 24.8. The Morgan fingerprint density at radius 1 is 1.02 bits per heavy atom. The van der Waals surface area contributed by atoms with Crippen molar-refractivity contribution in [3.05, 3.63) is 94.4 Å². The van der Waals surface area contributed by atoms with E-state index in [1.165, 1.54) is 10.2 Å². The minimum atomic E-state index is -0.309. The fourth-order valence-electron chi connectivity index (χ4n) is 5.91. The summed E-state index contributed by atoms with van der Waals surface area (Å²) in [6.45, 7) is 4.90. The summed E-state index contributed by atoms with van der Waals surface area (Å²) in [5.74, 6) is 0.691. The summed E-state index contributed by atoms with van der Waals surface area (Å²) in [6.07, 6.45) is 1.72. The Labute approximate surface area is 249 Å². The number of fused-ring (bicyclic) bond motifs is 1. The molecule has 1 saturated heterocycles. The number of rotatable bonds is 8. The number of urea groups is 1. The highest BCUT2D eigenvalue weighted by atomic mass is 16.5. The van der Waals surface area contributed by atoms with Gasteiger partial charge in [0.2, 0.25) is 0 Å². The van der Waals surface area contributed by atoms with Gasteiger partial charge in [-0.3, -0.25) is 24.4 Å². The third-order valence-electron chi connectivity index (χ3n) is 8.33. The SMILES string of the molecule is COCCN1C[C@@H](NC(=O)Nc2c(C)c(-c3cnc4c(c3)c(=O)n(C)n4C)nn2-c2ccccc2)[C@H](c2ccccc2)C1. The van der Waals surface area contributed by atoms with E-state index in [0.29, 0.717) is 34.7 Å². The molecule has 0 spiro atoms. The molecule has 1 aliphatic rings. The first-order chi connectivity index (χ1) is 20.9. The van der Waals surface area contributed by atoms with E-state index in [9.17, 15) is 9.59 Å². The summed E-state index contributed by atoms with van der Waals surface area (Å²) in [4.78, 5) is 33.4. The van der Waals surface area contributed by atoms with Crippen molar-refractivity contribution in [1.29, 1.82) is 0 Å². The number of methoxy groups -OCH3 is 1. The van der Waals surface area contributed by atoms with Crippen LogP contribution in [-0.2, 0) is 18.8 Å². The maximum atomic E-state index is 13.6. The minimum Gasteiger partial charge on any atom is -0.383 e. The molecule has 2 amide bonds. The van der Waals surface area contributed by atoms with Crippen LogP contribution >= 0.6 is 0 Å².